The molecule has 4 rings (SSSR count). The predicted molar refractivity (Wildman–Crippen MR) is 136 cm³/mol. The van der Waals surface area contributed by atoms with Gasteiger partial charge in [-0.3, -0.25) is 9.69 Å². The molecule has 0 aliphatic carbocycles. The van der Waals surface area contributed by atoms with Crippen LogP contribution in [0.4, 0.5) is 5.69 Å². The Morgan fingerprint density at radius 2 is 1.88 bits per heavy atom. The second-order valence-corrected chi connectivity index (χ2v) is 8.90. The SMILES string of the molecule is CCCOc1ccc2ccccc2c1/C=C1/SC(=Nc2cc(C)ccc2C)N(CC)C1=O. The van der Waals surface area contributed by atoms with Crippen molar-refractivity contribution in [2.45, 2.75) is 34.1 Å². The molecule has 0 unspecified atom stereocenters. The maximum absolute atomic E-state index is 13.3. The van der Waals surface area contributed by atoms with E-state index >= 15 is 0 Å². The highest BCUT2D eigenvalue weighted by molar-refractivity contribution is 8.18. The molecular formula is C27H28N2O2S. The fraction of sp³-hybridized carbons (Fsp3) is 0.259. The van der Waals surface area contributed by atoms with Crippen LogP contribution in [0.5, 0.6) is 5.75 Å². The topological polar surface area (TPSA) is 41.9 Å². The van der Waals surface area contributed by atoms with Gasteiger partial charge in [-0.05, 0) is 79.1 Å². The number of hydrogen-bond donors (Lipinski definition) is 0. The summed E-state index contributed by atoms with van der Waals surface area (Å²) in [6.45, 7) is 9.37. The first kappa shape index (κ1) is 22.2. The van der Waals surface area contributed by atoms with Gasteiger partial charge in [0.05, 0.1) is 17.2 Å². The van der Waals surface area contributed by atoms with Crippen molar-refractivity contribution in [3.05, 3.63) is 76.2 Å². The summed E-state index contributed by atoms with van der Waals surface area (Å²) in [5, 5.41) is 2.91. The summed E-state index contributed by atoms with van der Waals surface area (Å²) in [6.07, 6.45) is 2.89. The molecule has 1 amide bonds. The van der Waals surface area contributed by atoms with Gasteiger partial charge in [0.2, 0.25) is 0 Å². The van der Waals surface area contributed by atoms with E-state index in [1.54, 1.807) is 4.90 Å². The number of aliphatic imine (C=N–C) groups is 1. The molecule has 3 aromatic carbocycles. The van der Waals surface area contributed by atoms with Crippen LogP contribution < -0.4 is 4.74 Å². The number of ether oxygens (including phenoxy) is 1. The van der Waals surface area contributed by atoms with Crippen LogP contribution in [0.3, 0.4) is 0 Å². The lowest BCUT2D eigenvalue weighted by atomic mass is 10.0. The van der Waals surface area contributed by atoms with Gasteiger partial charge < -0.3 is 4.74 Å². The zero-order valence-corrected chi connectivity index (χ0v) is 19.8. The summed E-state index contributed by atoms with van der Waals surface area (Å²) in [6, 6.07) is 18.5. The average molecular weight is 445 g/mol. The van der Waals surface area contributed by atoms with Crippen LogP contribution >= 0.6 is 11.8 Å². The number of rotatable bonds is 6. The molecule has 164 valence electrons. The number of amidine groups is 1. The second kappa shape index (κ2) is 9.61. The van der Waals surface area contributed by atoms with Gasteiger partial charge in [0.1, 0.15) is 5.75 Å². The van der Waals surface area contributed by atoms with Crippen molar-refractivity contribution < 1.29 is 9.53 Å². The number of thioether (sulfide) groups is 1. The number of amides is 1. The number of fused-ring (bicyclic) bond motifs is 1. The van der Waals surface area contributed by atoms with Crippen molar-refractivity contribution in [1.82, 2.24) is 4.90 Å². The molecule has 1 aliphatic rings. The number of aryl methyl sites for hydroxylation is 2. The standard InChI is InChI=1S/C27H28N2O2S/c1-5-15-31-24-14-13-20-9-7-8-10-21(20)22(24)17-25-26(30)29(6-2)27(32-25)28-23-16-18(3)11-12-19(23)4/h7-14,16-17H,5-6,15H2,1-4H3/b25-17+,28-27?. The predicted octanol–water partition coefficient (Wildman–Crippen LogP) is 6.87. The number of benzene rings is 3. The van der Waals surface area contributed by atoms with Crippen molar-refractivity contribution in [3.63, 3.8) is 0 Å². The molecule has 0 saturated carbocycles. The number of likely N-dealkylation sites (N-methyl/N-ethyl adjacent to an activating group) is 1. The van der Waals surface area contributed by atoms with E-state index in [9.17, 15) is 4.79 Å². The summed E-state index contributed by atoms with van der Waals surface area (Å²) in [4.78, 5) is 20.5. The average Bonchev–Trinajstić information content (AvgIpc) is 3.09. The largest absolute Gasteiger partial charge is 0.493 e. The number of nitrogens with zero attached hydrogens (tertiary/aromatic N) is 2. The molecule has 1 heterocycles. The summed E-state index contributed by atoms with van der Waals surface area (Å²) >= 11 is 1.43. The summed E-state index contributed by atoms with van der Waals surface area (Å²) in [5.74, 6) is 0.783. The fourth-order valence-corrected chi connectivity index (χ4v) is 4.74. The highest BCUT2D eigenvalue weighted by Crippen LogP contribution is 2.38. The first-order chi connectivity index (χ1) is 15.5. The monoisotopic (exact) mass is 444 g/mol. The van der Waals surface area contributed by atoms with Crippen molar-refractivity contribution >= 4 is 45.4 Å². The fourth-order valence-electron chi connectivity index (χ4n) is 3.71. The molecule has 0 spiro atoms. The molecule has 4 nitrogen and oxygen atoms in total. The van der Waals surface area contributed by atoms with Gasteiger partial charge in [-0.2, -0.15) is 0 Å². The van der Waals surface area contributed by atoms with E-state index in [-0.39, 0.29) is 5.91 Å². The third-order valence-electron chi connectivity index (χ3n) is 5.45. The zero-order chi connectivity index (χ0) is 22.7. The van der Waals surface area contributed by atoms with Crippen LogP contribution in [0.2, 0.25) is 0 Å². The maximum atomic E-state index is 13.3. The van der Waals surface area contributed by atoms with E-state index in [1.807, 2.05) is 38.1 Å². The minimum absolute atomic E-state index is 0.0177. The van der Waals surface area contributed by atoms with Crippen molar-refractivity contribution in [1.29, 1.82) is 0 Å². The van der Waals surface area contributed by atoms with Crippen molar-refractivity contribution in [2.24, 2.45) is 4.99 Å². The lowest BCUT2D eigenvalue weighted by molar-refractivity contribution is -0.122. The van der Waals surface area contributed by atoms with Crippen LogP contribution in [0.1, 0.15) is 37.0 Å². The Morgan fingerprint density at radius 3 is 2.66 bits per heavy atom. The van der Waals surface area contributed by atoms with E-state index in [2.05, 4.69) is 50.2 Å². The van der Waals surface area contributed by atoms with Crippen LogP contribution in [-0.4, -0.2) is 29.1 Å². The van der Waals surface area contributed by atoms with Gasteiger partial charge in [0.25, 0.3) is 5.91 Å². The van der Waals surface area contributed by atoms with Crippen molar-refractivity contribution in [2.75, 3.05) is 13.2 Å². The Hall–Kier alpha value is -3.05. The van der Waals surface area contributed by atoms with E-state index in [1.165, 1.54) is 11.8 Å². The second-order valence-electron chi connectivity index (χ2n) is 7.89. The maximum Gasteiger partial charge on any atom is 0.266 e. The highest BCUT2D eigenvalue weighted by atomic mass is 32.2. The Bertz CT molecular complexity index is 1230. The van der Waals surface area contributed by atoms with E-state index in [4.69, 9.17) is 9.73 Å². The van der Waals surface area contributed by atoms with Crippen molar-refractivity contribution in [3.8, 4) is 5.75 Å². The number of hydrogen-bond acceptors (Lipinski definition) is 4. The summed E-state index contributed by atoms with van der Waals surface area (Å²) < 4.78 is 6.04. The quantitative estimate of drug-likeness (QED) is 0.390. The van der Waals surface area contributed by atoms with Gasteiger partial charge in [-0.1, -0.05) is 49.4 Å². The smallest absolute Gasteiger partial charge is 0.266 e. The first-order valence-corrected chi connectivity index (χ1v) is 11.8. The van der Waals surface area contributed by atoms with Gasteiger partial charge in [-0.15, -0.1) is 0 Å². The lowest BCUT2D eigenvalue weighted by Gasteiger charge is -2.13. The van der Waals surface area contributed by atoms with Gasteiger partial charge in [-0.25, -0.2) is 4.99 Å². The molecule has 5 heteroatoms. The Balaban J connectivity index is 1.79. The normalized spacial score (nSPS) is 16.5. The molecule has 32 heavy (non-hydrogen) atoms. The molecule has 0 N–H and O–H groups in total. The Morgan fingerprint density at radius 1 is 1.06 bits per heavy atom. The van der Waals surface area contributed by atoms with Gasteiger partial charge >= 0.3 is 0 Å². The van der Waals surface area contributed by atoms with Crippen LogP contribution in [0.15, 0.2) is 64.5 Å². The molecule has 0 atom stereocenters. The molecule has 1 aliphatic heterocycles. The minimum atomic E-state index is -0.0177. The number of carbonyl (C=O) groups is 1. The zero-order valence-electron chi connectivity index (χ0n) is 19.0. The molecule has 3 aromatic rings. The van der Waals surface area contributed by atoms with E-state index in [0.717, 1.165) is 45.3 Å². The third kappa shape index (κ3) is 4.44. The van der Waals surface area contributed by atoms with Gasteiger partial charge in [0, 0.05) is 12.1 Å². The Kier molecular flexibility index (Phi) is 6.66. The lowest BCUT2D eigenvalue weighted by Crippen LogP contribution is -2.28. The molecular weight excluding hydrogens is 416 g/mol. The van der Waals surface area contributed by atoms with E-state index < -0.39 is 0 Å². The summed E-state index contributed by atoms with van der Waals surface area (Å²) in [5.41, 5.74) is 4.08. The van der Waals surface area contributed by atoms with Crippen LogP contribution in [-0.2, 0) is 4.79 Å². The molecule has 0 aromatic heterocycles. The minimum Gasteiger partial charge on any atom is -0.493 e. The first-order valence-electron chi connectivity index (χ1n) is 11.0. The van der Waals surface area contributed by atoms with Crippen LogP contribution in [0, 0.1) is 13.8 Å². The molecule has 0 bridgehead atoms. The van der Waals surface area contributed by atoms with Gasteiger partial charge in [0.15, 0.2) is 5.17 Å². The summed E-state index contributed by atoms with van der Waals surface area (Å²) in [7, 11) is 0. The molecule has 1 saturated heterocycles. The number of carbonyl (C=O) groups excluding carboxylic acids is 1. The highest BCUT2D eigenvalue weighted by Gasteiger charge is 2.32. The van der Waals surface area contributed by atoms with Crippen LogP contribution in [0.25, 0.3) is 16.8 Å². The van der Waals surface area contributed by atoms with E-state index in [0.29, 0.717) is 23.2 Å². The third-order valence-corrected chi connectivity index (χ3v) is 6.46. The Labute approximate surface area is 194 Å². The molecule has 1 fully saturated rings. The molecule has 0 radical (unpaired) electrons.